The molecule has 0 heterocycles. The fraction of sp³-hybridized carbons (Fsp3) is 0.235. The van der Waals surface area contributed by atoms with Crippen LogP contribution in [0.3, 0.4) is 0 Å². The molecule has 0 radical (unpaired) electrons. The van der Waals surface area contributed by atoms with Crippen molar-refractivity contribution in [3.8, 4) is 17.2 Å². The summed E-state index contributed by atoms with van der Waals surface area (Å²) in [5.74, 6) is 1.60. The molecule has 21 heavy (non-hydrogen) atoms. The van der Waals surface area contributed by atoms with Crippen molar-refractivity contribution in [3.63, 3.8) is 0 Å². The largest absolute Gasteiger partial charge is 0.496 e. The Kier molecular flexibility index (Phi) is 4.48. The van der Waals surface area contributed by atoms with E-state index in [4.69, 9.17) is 9.47 Å². The summed E-state index contributed by atoms with van der Waals surface area (Å²) in [6.45, 7) is 1.50. The van der Waals surface area contributed by atoms with Gasteiger partial charge in [0.05, 0.1) is 7.11 Å². The van der Waals surface area contributed by atoms with Gasteiger partial charge < -0.3 is 14.4 Å². The number of hydrogen-bond acceptors (Lipinski definition) is 4. The Balaban J connectivity index is 2.40. The van der Waals surface area contributed by atoms with Crippen molar-refractivity contribution in [1.29, 1.82) is 0 Å². The molecule has 4 heteroatoms. The van der Waals surface area contributed by atoms with E-state index in [-0.39, 0.29) is 5.78 Å². The maximum Gasteiger partial charge on any atom is 0.167 e. The molecule has 0 fully saturated rings. The van der Waals surface area contributed by atoms with Crippen LogP contribution in [-0.2, 0) is 0 Å². The molecule has 0 aliphatic heterocycles. The highest BCUT2D eigenvalue weighted by atomic mass is 16.5. The van der Waals surface area contributed by atoms with Crippen molar-refractivity contribution >= 4 is 11.5 Å². The summed E-state index contributed by atoms with van der Waals surface area (Å²) in [6.07, 6.45) is 0. The van der Waals surface area contributed by atoms with Crippen LogP contribution >= 0.6 is 0 Å². The van der Waals surface area contributed by atoms with Crippen LogP contribution in [0.5, 0.6) is 17.2 Å². The fourth-order valence-corrected chi connectivity index (χ4v) is 2.07. The minimum Gasteiger partial charge on any atom is -0.496 e. The summed E-state index contributed by atoms with van der Waals surface area (Å²) in [5.41, 5.74) is 1.48. The average molecular weight is 285 g/mol. The topological polar surface area (TPSA) is 38.8 Å². The summed E-state index contributed by atoms with van der Waals surface area (Å²) in [7, 11) is 5.47. The van der Waals surface area contributed by atoms with Crippen LogP contribution in [0.4, 0.5) is 5.69 Å². The molecule has 0 amide bonds. The zero-order valence-corrected chi connectivity index (χ0v) is 12.7. The molecule has 0 saturated carbocycles. The van der Waals surface area contributed by atoms with E-state index in [1.807, 2.05) is 43.3 Å². The summed E-state index contributed by atoms with van der Waals surface area (Å²) in [4.78, 5) is 13.8. The third-order valence-electron chi connectivity index (χ3n) is 3.12. The lowest BCUT2D eigenvalue weighted by Gasteiger charge is -2.15. The van der Waals surface area contributed by atoms with Crippen molar-refractivity contribution in [2.24, 2.45) is 0 Å². The average Bonchev–Trinajstić information content (AvgIpc) is 2.46. The number of carbonyl (C=O) groups is 1. The molecule has 0 aliphatic rings. The quantitative estimate of drug-likeness (QED) is 0.784. The number of ether oxygens (including phenoxy) is 2. The number of rotatable bonds is 5. The second-order valence-corrected chi connectivity index (χ2v) is 4.88. The van der Waals surface area contributed by atoms with Crippen LogP contribution in [0.15, 0.2) is 42.5 Å². The van der Waals surface area contributed by atoms with Crippen LogP contribution in [0.2, 0.25) is 0 Å². The predicted octanol–water partition coefficient (Wildman–Crippen LogP) is 3.76. The van der Waals surface area contributed by atoms with Crippen molar-refractivity contribution < 1.29 is 14.3 Å². The molecule has 0 saturated heterocycles. The first-order chi connectivity index (χ1) is 10.0. The van der Waals surface area contributed by atoms with E-state index in [9.17, 15) is 4.79 Å². The maximum absolute atomic E-state index is 11.8. The van der Waals surface area contributed by atoms with Gasteiger partial charge >= 0.3 is 0 Å². The van der Waals surface area contributed by atoms with Crippen LogP contribution in [0, 0.1) is 0 Å². The Hall–Kier alpha value is -2.49. The highest BCUT2D eigenvalue weighted by molar-refractivity contribution is 5.99. The number of anilines is 1. The molecular weight excluding hydrogens is 266 g/mol. The van der Waals surface area contributed by atoms with Gasteiger partial charge in [0, 0.05) is 25.8 Å². The predicted molar refractivity (Wildman–Crippen MR) is 83.8 cm³/mol. The van der Waals surface area contributed by atoms with E-state index in [2.05, 4.69) is 0 Å². The summed E-state index contributed by atoms with van der Waals surface area (Å²) in [5, 5.41) is 0. The Morgan fingerprint density at radius 1 is 1.05 bits per heavy atom. The van der Waals surface area contributed by atoms with E-state index in [0.717, 1.165) is 5.69 Å². The van der Waals surface area contributed by atoms with Crippen molar-refractivity contribution in [2.75, 3.05) is 26.1 Å². The minimum atomic E-state index is -0.0915. The number of ketones is 1. The van der Waals surface area contributed by atoms with E-state index >= 15 is 0 Å². The number of Topliss-reactive ketones (excluding diaryl/α,β-unsaturated/α-hetero) is 1. The number of benzene rings is 2. The van der Waals surface area contributed by atoms with Crippen molar-refractivity contribution in [3.05, 3.63) is 48.0 Å². The van der Waals surface area contributed by atoms with Gasteiger partial charge in [-0.1, -0.05) is 12.1 Å². The third-order valence-corrected chi connectivity index (χ3v) is 3.12. The molecule has 0 unspecified atom stereocenters. The first-order valence-electron chi connectivity index (χ1n) is 6.66. The Bertz CT molecular complexity index is 650. The minimum absolute atomic E-state index is 0.0915. The molecule has 0 spiro atoms. The van der Waals surface area contributed by atoms with Gasteiger partial charge in [-0.15, -0.1) is 0 Å². The van der Waals surface area contributed by atoms with Gasteiger partial charge in [0.2, 0.25) is 0 Å². The maximum atomic E-state index is 11.8. The third kappa shape index (κ3) is 3.34. The molecule has 0 aromatic heterocycles. The van der Waals surface area contributed by atoms with Gasteiger partial charge in [0.15, 0.2) is 5.78 Å². The lowest BCUT2D eigenvalue weighted by molar-refractivity contribution is 0.101. The van der Waals surface area contributed by atoms with Gasteiger partial charge in [-0.3, -0.25) is 4.79 Å². The second-order valence-electron chi connectivity index (χ2n) is 4.88. The fourth-order valence-electron chi connectivity index (χ4n) is 2.07. The molecule has 4 nitrogen and oxygen atoms in total. The van der Waals surface area contributed by atoms with E-state index < -0.39 is 0 Å². The summed E-state index contributed by atoms with van der Waals surface area (Å²) in [6, 6.07) is 13.0. The van der Waals surface area contributed by atoms with Gasteiger partial charge in [-0.2, -0.15) is 0 Å². The van der Waals surface area contributed by atoms with Gasteiger partial charge in [0.25, 0.3) is 0 Å². The standard InChI is InChI=1S/C17H19NO3/c1-12(19)17-15(20-4)9-6-10-16(17)21-14-8-5-7-13(11-14)18(2)3/h5-11H,1-4H3. The number of nitrogens with zero attached hydrogens (tertiary/aromatic N) is 1. The van der Waals surface area contributed by atoms with Gasteiger partial charge in [0.1, 0.15) is 22.8 Å². The van der Waals surface area contributed by atoms with Gasteiger partial charge in [-0.05, 0) is 31.2 Å². The Morgan fingerprint density at radius 3 is 2.33 bits per heavy atom. The molecule has 2 rings (SSSR count). The van der Waals surface area contributed by atoms with Crippen LogP contribution in [0.1, 0.15) is 17.3 Å². The molecule has 0 N–H and O–H groups in total. The molecule has 2 aromatic rings. The number of carbonyl (C=O) groups excluding carboxylic acids is 1. The number of hydrogen-bond donors (Lipinski definition) is 0. The first kappa shape index (κ1) is 14.9. The van der Waals surface area contributed by atoms with Crippen molar-refractivity contribution in [2.45, 2.75) is 6.92 Å². The highest BCUT2D eigenvalue weighted by Crippen LogP contribution is 2.33. The van der Waals surface area contributed by atoms with Crippen LogP contribution in [-0.4, -0.2) is 27.0 Å². The SMILES string of the molecule is COc1cccc(Oc2cccc(N(C)C)c2)c1C(C)=O. The van der Waals surface area contributed by atoms with Crippen LogP contribution in [0.25, 0.3) is 0 Å². The summed E-state index contributed by atoms with van der Waals surface area (Å²) < 4.78 is 11.1. The lowest BCUT2D eigenvalue weighted by atomic mass is 10.1. The molecule has 0 aliphatic carbocycles. The molecule has 110 valence electrons. The molecular formula is C17H19NO3. The molecule has 0 bridgehead atoms. The van der Waals surface area contributed by atoms with Crippen LogP contribution < -0.4 is 14.4 Å². The number of methoxy groups -OCH3 is 1. The molecule has 2 aromatic carbocycles. The van der Waals surface area contributed by atoms with E-state index in [0.29, 0.717) is 22.8 Å². The normalized spacial score (nSPS) is 10.1. The Labute approximate surface area is 124 Å². The first-order valence-corrected chi connectivity index (χ1v) is 6.66. The second kappa shape index (κ2) is 6.31. The van der Waals surface area contributed by atoms with Gasteiger partial charge in [-0.25, -0.2) is 0 Å². The smallest absolute Gasteiger partial charge is 0.167 e. The monoisotopic (exact) mass is 285 g/mol. The summed E-state index contributed by atoms with van der Waals surface area (Å²) >= 11 is 0. The van der Waals surface area contributed by atoms with E-state index in [1.165, 1.54) is 14.0 Å². The van der Waals surface area contributed by atoms with E-state index in [1.54, 1.807) is 18.2 Å². The Morgan fingerprint density at radius 2 is 1.71 bits per heavy atom. The molecule has 0 atom stereocenters. The van der Waals surface area contributed by atoms with Crippen molar-refractivity contribution in [1.82, 2.24) is 0 Å². The zero-order valence-electron chi connectivity index (χ0n) is 12.7. The zero-order chi connectivity index (χ0) is 15.4. The lowest BCUT2D eigenvalue weighted by Crippen LogP contribution is -2.08. The highest BCUT2D eigenvalue weighted by Gasteiger charge is 2.15.